The van der Waals surface area contributed by atoms with Gasteiger partial charge in [-0.3, -0.25) is 14.4 Å². The van der Waals surface area contributed by atoms with Gasteiger partial charge in [-0.15, -0.1) is 0 Å². The van der Waals surface area contributed by atoms with Crippen LogP contribution in [0.15, 0.2) is 30.3 Å². The number of ketones is 1. The number of hydrogen-bond donors (Lipinski definition) is 3. The van der Waals surface area contributed by atoms with E-state index in [0.29, 0.717) is 19.4 Å². The highest BCUT2D eigenvalue weighted by atomic mass is 16.6. The van der Waals surface area contributed by atoms with Gasteiger partial charge in [-0.2, -0.15) is 0 Å². The summed E-state index contributed by atoms with van der Waals surface area (Å²) in [6.07, 6.45) is 1.80. The number of ether oxygens (including phenoxy) is 2. The van der Waals surface area contributed by atoms with Gasteiger partial charge in [-0.25, -0.2) is 0 Å². The van der Waals surface area contributed by atoms with E-state index in [0.717, 1.165) is 12.0 Å². The Bertz CT molecular complexity index is 764. The van der Waals surface area contributed by atoms with Crippen LogP contribution in [0.4, 0.5) is 0 Å². The van der Waals surface area contributed by atoms with E-state index in [1.165, 1.54) is 7.11 Å². The Morgan fingerprint density at radius 1 is 1.06 bits per heavy atom. The monoisotopic (exact) mass is 447 g/mol. The molecule has 3 N–H and O–H groups in total. The second-order valence-corrected chi connectivity index (χ2v) is 8.96. The van der Waals surface area contributed by atoms with Crippen molar-refractivity contribution < 1.29 is 23.9 Å². The number of nitrogens with one attached hydrogen (secondary N) is 3. The zero-order chi connectivity index (χ0) is 23.7. The van der Waals surface area contributed by atoms with Crippen molar-refractivity contribution in [2.75, 3.05) is 27.4 Å². The summed E-state index contributed by atoms with van der Waals surface area (Å²) >= 11 is 0. The van der Waals surface area contributed by atoms with Crippen LogP contribution in [0, 0.1) is 5.92 Å². The zero-order valence-electron chi connectivity index (χ0n) is 19.8. The topological polar surface area (TPSA) is 109 Å². The fourth-order valence-corrected chi connectivity index (χ4v) is 3.58. The summed E-state index contributed by atoms with van der Waals surface area (Å²) in [6.45, 7) is 6.07. The van der Waals surface area contributed by atoms with E-state index >= 15 is 0 Å². The number of amides is 2. The molecule has 0 aromatic heterocycles. The first-order valence-corrected chi connectivity index (χ1v) is 11.2. The fourth-order valence-electron chi connectivity index (χ4n) is 3.58. The third-order valence-corrected chi connectivity index (χ3v) is 5.63. The molecule has 1 aromatic carbocycles. The molecule has 178 valence electrons. The van der Waals surface area contributed by atoms with Crippen LogP contribution in [0.1, 0.15) is 39.2 Å². The molecule has 8 heteroatoms. The maximum atomic E-state index is 13.0. The smallest absolute Gasteiger partial charge is 0.245 e. The van der Waals surface area contributed by atoms with E-state index in [4.69, 9.17) is 9.47 Å². The van der Waals surface area contributed by atoms with Gasteiger partial charge in [0.05, 0.1) is 25.3 Å². The van der Waals surface area contributed by atoms with Crippen molar-refractivity contribution in [2.45, 2.75) is 63.8 Å². The average molecular weight is 448 g/mol. The number of hydrogen-bond acceptors (Lipinski definition) is 6. The number of Topliss-reactive ketones (excluding diaryl/α,β-unsaturated/α-hetero) is 1. The quantitative estimate of drug-likeness (QED) is 0.370. The summed E-state index contributed by atoms with van der Waals surface area (Å²) in [5.74, 6) is -0.669. The van der Waals surface area contributed by atoms with Crippen LogP contribution in [-0.2, 0) is 30.3 Å². The molecule has 0 saturated carbocycles. The Kier molecular flexibility index (Phi) is 9.81. The standard InChI is InChI=1S/C24H37N3O5/c1-16(2)13-19(21(28)24(3)15-32-24)26-23(30)20(14-31-5)27-22(29)18(25-4)12-11-17-9-7-6-8-10-17/h6-10,16,18-20,25H,11-15H2,1-5H3,(H,26,30)(H,27,29)/t18-,19-,20-,24+/m0/s1. The van der Waals surface area contributed by atoms with Crippen molar-refractivity contribution in [1.29, 1.82) is 0 Å². The van der Waals surface area contributed by atoms with Crippen LogP contribution in [0.25, 0.3) is 0 Å². The molecule has 1 heterocycles. The first-order chi connectivity index (χ1) is 15.2. The van der Waals surface area contributed by atoms with E-state index < -0.39 is 29.6 Å². The minimum Gasteiger partial charge on any atom is -0.382 e. The highest BCUT2D eigenvalue weighted by Gasteiger charge is 2.50. The maximum Gasteiger partial charge on any atom is 0.245 e. The van der Waals surface area contributed by atoms with Crippen LogP contribution in [-0.4, -0.2) is 68.7 Å². The number of methoxy groups -OCH3 is 1. The normalized spacial score (nSPS) is 20.3. The molecule has 4 atom stereocenters. The molecule has 2 rings (SSSR count). The van der Waals surface area contributed by atoms with Gasteiger partial charge in [-0.05, 0) is 44.7 Å². The van der Waals surface area contributed by atoms with Crippen molar-refractivity contribution in [3.05, 3.63) is 35.9 Å². The fraction of sp³-hybridized carbons (Fsp3) is 0.625. The molecule has 0 spiro atoms. The van der Waals surface area contributed by atoms with Gasteiger partial charge >= 0.3 is 0 Å². The number of carbonyl (C=O) groups is 3. The number of carbonyl (C=O) groups excluding carboxylic acids is 3. The van der Waals surface area contributed by atoms with Crippen molar-refractivity contribution in [1.82, 2.24) is 16.0 Å². The Hall–Kier alpha value is -2.29. The summed E-state index contributed by atoms with van der Waals surface area (Å²) < 4.78 is 10.4. The van der Waals surface area contributed by atoms with Gasteiger partial charge in [0.15, 0.2) is 5.78 Å². The third-order valence-electron chi connectivity index (χ3n) is 5.63. The molecule has 2 amide bonds. The van der Waals surface area contributed by atoms with Crippen molar-refractivity contribution >= 4 is 17.6 Å². The summed E-state index contributed by atoms with van der Waals surface area (Å²) in [7, 11) is 3.18. The van der Waals surface area contributed by atoms with Crippen molar-refractivity contribution in [3.63, 3.8) is 0 Å². The van der Waals surface area contributed by atoms with E-state index in [2.05, 4.69) is 16.0 Å². The molecule has 0 unspecified atom stereocenters. The van der Waals surface area contributed by atoms with Crippen LogP contribution in [0.3, 0.4) is 0 Å². The van der Waals surface area contributed by atoms with Crippen LogP contribution in [0.2, 0.25) is 0 Å². The van der Waals surface area contributed by atoms with Gasteiger partial charge in [-0.1, -0.05) is 44.2 Å². The van der Waals surface area contributed by atoms with Crippen LogP contribution >= 0.6 is 0 Å². The largest absolute Gasteiger partial charge is 0.382 e. The van der Waals surface area contributed by atoms with Gasteiger partial charge in [0.25, 0.3) is 0 Å². The number of benzene rings is 1. The first kappa shape index (κ1) is 26.0. The summed E-state index contributed by atoms with van der Waals surface area (Å²) in [4.78, 5) is 38.6. The predicted octanol–water partition coefficient (Wildman–Crippen LogP) is 1.23. The highest BCUT2D eigenvalue weighted by Crippen LogP contribution is 2.29. The molecule has 0 bridgehead atoms. The second kappa shape index (κ2) is 12.1. The Morgan fingerprint density at radius 2 is 1.66 bits per heavy atom. The first-order valence-electron chi connectivity index (χ1n) is 11.2. The molecule has 1 aliphatic heterocycles. The number of likely N-dealkylation sites (N-methyl/N-ethyl adjacent to an activating group) is 1. The number of rotatable bonds is 14. The summed E-state index contributed by atoms with van der Waals surface area (Å²) in [6, 6.07) is 7.86. The van der Waals surface area contributed by atoms with Crippen LogP contribution < -0.4 is 16.0 Å². The zero-order valence-corrected chi connectivity index (χ0v) is 19.8. The lowest BCUT2D eigenvalue weighted by Crippen LogP contribution is -2.57. The average Bonchev–Trinajstić information content (AvgIpc) is 3.51. The second-order valence-electron chi connectivity index (χ2n) is 8.96. The summed E-state index contributed by atoms with van der Waals surface area (Å²) in [5, 5.41) is 8.61. The molecular weight excluding hydrogens is 410 g/mol. The Balaban J connectivity index is 2.00. The molecule has 1 aliphatic rings. The minimum atomic E-state index is -0.907. The van der Waals surface area contributed by atoms with E-state index in [1.54, 1.807) is 14.0 Å². The minimum absolute atomic E-state index is 0.00303. The van der Waals surface area contributed by atoms with Gasteiger partial charge in [0.2, 0.25) is 11.8 Å². The molecule has 8 nitrogen and oxygen atoms in total. The molecule has 1 aromatic rings. The van der Waals surface area contributed by atoms with E-state index in [-0.39, 0.29) is 24.2 Å². The lowest BCUT2D eigenvalue weighted by atomic mass is 9.93. The molecule has 1 saturated heterocycles. The highest BCUT2D eigenvalue weighted by molar-refractivity contribution is 5.98. The molecular formula is C24H37N3O5. The molecule has 1 fully saturated rings. The SMILES string of the molecule is CN[C@@H](CCc1ccccc1)C(=O)N[C@@H](COC)C(=O)N[C@@H](CC(C)C)C(=O)[C@@]1(C)CO1. The lowest BCUT2D eigenvalue weighted by molar-refractivity contribution is -0.134. The van der Waals surface area contributed by atoms with E-state index in [1.807, 2.05) is 44.2 Å². The molecule has 0 aliphatic carbocycles. The maximum absolute atomic E-state index is 13.0. The van der Waals surface area contributed by atoms with Gasteiger partial charge < -0.3 is 25.4 Å². The third kappa shape index (κ3) is 7.69. The molecule has 0 radical (unpaired) electrons. The molecule has 32 heavy (non-hydrogen) atoms. The number of epoxide rings is 1. The number of aryl methyl sites for hydroxylation is 1. The summed E-state index contributed by atoms with van der Waals surface area (Å²) in [5.41, 5.74) is 0.305. The predicted molar refractivity (Wildman–Crippen MR) is 122 cm³/mol. The Labute approximate surface area is 190 Å². The lowest BCUT2D eigenvalue weighted by Gasteiger charge is -2.26. The van der Waals surface area contributed by atoms with E-state index in [9.17, 15) is 14.4 Å². The van der Waals surface area contributed by atoms with Gasteiger partial charge in [0.1, 0.15) is 11.6 Å². The van der Waals surface area contributed by atoms with Gasteiger partial charge in [0, 0.05) is 7.11 Å². The Morgan fingerprint density at radius 3 is 2.19 bits per heavy atom. The van der Waals surface area contributed by atoms with Crippen molar-refractivity contribution in [2.24, 2.45) is 5.92 Å². The van der Waals surface area contributed by atoms with Crippen molar-refractivity contribution in [3.8, 4) is 0 Å². The van der Waals surface area contributed by atoms with Crippen LogP contribution in [0.5, 0.6) is 0 Å².